The largest absolute Gasteiger partial charge is 0.377 e. The summed E-state index contributed by atoms with van der Waals surface area (Å²) in [4.78, 5) is 29.3. The lowest BCUT2D eigenvalue weighted by Crippen LogP contribution is -2.44. The van der Waals surface area contributed by atoms with Crippen molar-refractivity contribution in [3.05, 3.63) is 23.8 Å². The van der Waals surface area contributed by atoms with Gasteiger partial charge in [0.15, 0.2) is 0 Å². The number of nitrogens with one attached hydrogen (secondary N) is 1. The monoisotopic (exact) mass is 405 g/mol. The molecule has 29 heavy (non-hydrogen) atoms. The predicted octanol–water partition coefficient (Wildman–Crippen LogP) is 4.15. The molecule has 2 amide bonds. The Labute approximate surface area is 176 Å². The normalized spacial score (nSPS) is 12.2. The van der Waals surface area contributed by atoms with Crippen LogP contribution in [-0.4, -0.2) is 50.6 Å². The fourth-order valence-corrected chi connectivity index (χ4v) is 3.39. The Morgan fingerprint density at radius 1 is 1.10 bits per heavy atom. The molecule has 0 spiro atoms. The van der Waals surface area contributed by atoms with Gasteiger partial charge in [0.25, 0.3) is 0 Å². The molecule has 1 N–H and O–H groups in total. The zero-order chi connectivity index (χ0) is 22.1. The van der Waals surface area contributed by atoms with Gasteiger partial charge >= 0.3 is 0 Å². The first-order chi connectivity index (χ1) is 13.7. The molecule has 164 valence electrons. The number of amides is 2. The predicted molar refractivity (Wildman–Crippen MR) is 120 cm³/mol. The summed E-state index contributed by atoms with van der Waals surface area (Å²) in [5.74, 6) is 0.385. The van der Waals surface area contributed by atoms with Gasteiger partial charge in [-0.15, -0.1) is 0 Å². The summed E-state index contributed by atoms with van der Waals surface area (Å²) in [5, 5.41) is 2.86. The van der Waals surface area contributed by atoms with E-state index in [1.165, 1.54) is 7.11 Å². The molecule has 1 aromatic carbocycles. The van der Waals surface area contributed by atoms with E-state index in [0.29, 0.717) is 18.2 Å². The molecule has 0 fully saturated rings. The van der Waals surface area contributed by atoms with E-state index in [4.69, 9.17) is 4.74 Å². The molecule has 0 radical (unpaired) electrons. The average molecular weight is 406 g/mol. The number of carbonyl (C=O) groups excluding carboxylic acids is 2. The highest BCUT2D eigenvalue weighted by Gasteiger charge is 2.28. The Bertz CT molecular complexity index is 669. The molecule has 0 aliphatic heterocycles. The molecule has 1 rings (SSSR count). The Morgan fingerprint density at radius 2 is 1.72 bits per heavy atom. The molecule has 0 heterocycles. The van der Waals surface area contributed by atoms with Crippen molar-refractivity contribution in [1.82, 2.24) is 4.90 Å². The summed E-state index contributed by atoms with van der Waals surface area (Å²) in [5.41, 5.74) is 2.75. The molecule has 6 nitrogen and oxygen atoms in total. The molecule has 0 aromatic heterocycles. The van der Waals surface area contributed by atoms with Gasteiger partial charge in [0.1, 0.15) is 6.61 Å². The van der Waals surface area contributed by atoms with Crippen LogP contribution in [0.2, 0.25) is 0 Å². The van der Waals surface area contributed by atoms with Crippen LogP contribution in [0.1, 0.15) is 53.0 Å². The van der Waals surface area contributed by atoms with Crippen LogP contribution in [0.5, 0.6) is 0 Å². The molecule has 6 heteroatoms. The van der Waals surface area contributed by atoms with Gasteiger partial charge in [0.05, 0.1) is 0 Å². The van der Waals surface area contributed by atoms with Crippen LogP contribution in [0.4, 0.5) is 11.4 Å². The maximum atomic E-state index is 13.3. The van der Waals surface area contributed by atoms with Gasteiger partial charge in [-0.25, -0.2) is 0 Å². The SMILES string of the molecule is CCC(CC)C(=O)N(Cc1cc(NC(=O)COC)ccc1N(C)C)[C@H](C)C(C)C. The lowest BCUT2D eigenvalue weighted by molar-refractivity contribution is -0.139. The van der Waals surface area contributed by atoms with Crippen molar-refractivity contribution < 1.29 is 14.3 Å². The molecule has 1 aromatic rings. The number of ether oxygens (including phenoxy) is 1. The number of rotatable bonds is 11. The topological polar surface area (TPSA) is 61.9 Å². The average Bonchev–Trinajstić information content (AvgIpc) is 2.66. The highest BCUT2D eigenvalue weighted by molar-refractivity contribution is 5.92. The first-order valence-corrected chi connectivity index (χ1v) is 10.6. The molecule has 0 saturated carbocycles. The van der Waals surface area contributed by atoms with Gasteiger partial charge in [-0.3, -0.25) is 9.59 Å². The van der Waals surface area contributed by atoms with Crippen molar-refractivity contribution in [2.24, 2.45) is 11.8 Å². The summed E-state index contributed by atoms with van der Waals surface area (Å²) in [6, 6.07) is 5.94. The Morgan fingerprint density at radius 3 is 2.21 bits per heavy atom. The number of methoxy groups -OCH3 is 1. The molecule has 0 aliphatic carbocycles. The minimum atomic E-state index is -0.198. The molecule has 1 atom stereocenters. The Balaban J connectivity index is 3.30. The van der Waals surface area contributed by atoms with E-state index < -0.39 is 0 Å². The van der Waals surface area contributed by atoms with Crippen LogP contribution in [0.3, 0.4) is 0 Å². The molecule has 0 bridgehead atoms. The van der Waals surface area contributed by atoms with Crippen molar-refractivity contribution in [2.45, 2.75) is 60.0 Å². The number of anilines is 2. The van der Waals surface area contributed by atoms with E-state index >= 15 is 0 Å². The highest BCUT2D eigenvalue weighted by atomic mass is 16.5. The van der Waals surface area contributed by atoms with Gasteiger partial charge in [0.2, 0.25) is 11.8 Å². The summed E-state index contributed by atoms with van der Waals surface area (Å²) < 4.78 is 4.90. The fraction of sp³-hybridized carbons (Fsp3) is 0.652. The van der Waals surface area contributed by atoms with Crippen LogP contribution >= 0.6 is 0 Å². The van der Waals surface area contributed by atoms with Gasteiger partial charge in [-0.1, -0.05) is 27.7 Å². The van der Waals surface area contributed by atoms with E-state index in [0.717, 1.165) is 24.1 Å². The number of hydrogen-bond acceptors (Lipinski definition) is 4. The smallest absolute Gasteiger partial charge is 0.250 e. The lowest BCUT2D eigenvalue weighted by Gasteiger charge is -2.35. The van der Waals surface area contributed by atoms with E-state index in [1.807, 2.05) is 42.1 Å². The second-order valence-electron chi connectivity index (χ2n) is 8.18. The molecule has 0 aliphatic rings. The van der Waals surface area contributed by atoms with Crippen molar-refractivity contribution >= 4 is 23.2 Å². The Kier molecular flexibility index (Phi) is 10.2. The number of benzene rings is 1. The minimum Gasteiger partial charge on any atom is -0.377 e. The van der Waals surface area contributed by atoms with Crippen LogP contribution < -0.4 is 10.2 Å². The second-order valence-corrected chi connectivity index (χ2v) is 8.18. The standard InChI is InChI=1S/C23H39N3O3/c1-9-18(10-2)23(28)26(17(5)16(3)4)14-19-13-20(24-22(27)15-29-8)11-12-21(19)25(6)7/h11-13,16-18H,9-10,14-15H2,1-8H3,(H,24,27)/t17-/m1/s1. The van der Waals surface area contributed by atoms with Crippen LogP contribution in [0, 0.1) is 11.8 Å². The summed E-state index contributed by atoms with van der Waals surface area (Å²) >= 11 is 0. The van der Waals surface area contributed by atoms with Gasteiger partial charge < -0.3 is 19.9 Å². The lowest BCUT2D eigenvalue weighted by atomic mass is 9.97. The fourth-order valence-electron chi connectivity index (χ4n) is 3.39. The van der Waals surface area contributed by atoms with Crippen molar-refractivity contribution in [2.75, 3.05) is 38.0 Å². The molecular formula is C23H39N3O3. The van der Waals surface area contributed by atoms with Gasteiger partial charge in [0, 0.05) is 51.1 Å². The third-order valence-corrected chi connectivity index (χ3v) is 5.54. The molecular weight excluding hydrogens is 366 g/mol. The summed E-state index contributed by atoms with van der Waals surface area (Å²) in [6.07, 6.45) is 1.68. The third-order valence-electron chi connectivity index (χ3n) is 5.54. The zero-order valence-corrected chi connectivity index (χ0v) is 19.4. The van der Waals surface area contributed by atoms with Crippen LogP contribution in [0.25, 0.3) is 0 Å². The zero-order valence-electron chi connectivity index (χ0n) is 19.4. The van der Waals surface area contributed by atoms with Gasteiger partial charge in [-0.2, -0.15) is 0 Å². The third kappa shape index (κ3) is 7.03. The number of nitrogens with zero attached hydrogens (tertiary/aromatic N) is 2. The number of hydrogen-bond donors (Lipinski definition) is 1. The highest BCUT2D eigenvalue weighted by Crippen LogP contribution is 2.28. The minimum absolute atomic E-state index is 0.00837. The van der Waals surface area contributed by atoms with E-state index in [1.54, 1.807) is 0 Å². The van der Waals surface area contributed by atoms with E-state index in [9.17, 15) is 9.59 Å². The second kappa shape index (κ2) is 11.8. The van der Waals surface area contributed by atoms with Crippen LogP contribution in [0.15, 0.2) is 18.2 Å². The maximum Gasteiger partial charge on any atom is 0.250 e. The van der Waals surface area contributed by atoms with E-state index in [2.05, 4.69) is 39.9 Å². The van der Waals surface area contributed by atoms with Crippen molar-refractivity contribution in [1.29, 1.82) is 0 Å². The Hall–Kier alpha value is -2.08. The van der Waals surface area contributed by atoms with Crippen molar-refractivity contribution in [3.8, 4) is 0 Å². The quantitative estimate of drug-likeness (QED) is 0.601. The molecule has 0 saturated heterocycles. The summed E-state index contributed by atoms with van der Waals surface area (Å²) in [7, 11) is 5.47. The molecule has 0 unspecified atom stereocenters. The number of carbonyl (C=O) groups is 2. The van der Waals surface area contributed by atoms with Gasteiger partial charge in [-0.05, 0) is 49.4 Å². The first-order valence-electron chi connectivity index (χ1n) is 10.6. The maximum absolute atomic E-state index is 13.3. The summed E-state index contributed by atoms with van der Waals surface area (Å²) in [6.45, 7) is 11.1. The van der Waals surface area contributed by atoms with Crippen LogP contribution in [-0.2, 0) is 20.9 Å². The first kappa shape index (κ1) is 25.0. The van der Waals surface area contributed by atoms with E-state index in [-0.39, 0.29) is 30.4 Å². The van der Waals surface area contributed by atoms with Crippen molar-refractivity contribution in [3.63, 3.8) is 0 Å².